The van der Waals surface area contributed by atoms with E-state index in [9.17, 15) is 13.2 Å². The molecule has 1 rings (SSSR count). The van der Waals surface area contributed by atoms with E-state index in [1.165, 1.54) is 13.2 Å². The molecule has 6 nitrogen and oxygen atoms in total. The number of rotatable bonds is 6. The number of aliphatic carboxylic acids is 1. The molecule has 19 heavy (non-hydrogen) atoms. The Morgan fingerprint density at radius 1 is 1.37 bits per heavy atom. The topological polar surface area (TPSA) is 92.7 Å². The quantitative estimate of drug-likeness (QED) is 0.830. The molecule has 0 saturated carbocycles. The summed E-state index contributed by atoms with van der Waals surface area (Å²) in [6.07, 6.45) is -0.333. The monoisotopic (exact) mass is 327 g/mol. The van der Waals surface area contributed by atoms with Crippen LogP contribution in [-0.4, -0.2) is 33.1 Å². The van der Waals surface area contributed by atoms with Gasteiger partial charge in [-0.1, -0.05) is 23.2 Å². The van der Waals surface area contributed by atoms with Crippen molar-refractivity contribution in [1.29, 1.82) is 0 Å². The first-order valence-electron chi connectivity index (χ1n) is 5.02. The summed E-state index contributed by atoms with van der Waals surface area (Å²) >= 11 is 11.7. The lowest BCUT2D eigenvalue weighted by atomic mass is 10.3. The number of carboxylic acid groups (broad SMARTS) is 1. The van der Waals surface area contributed by atoms with Crippen molar-refractivity contribution in [2.45, 2.75) is 11.3 Å². The van der Waals surface area contributed by atoms with Crippen molar-refractivity contribution in [2.24, 2.45) is 0 Å². The van der Waals surface area contributed by atoms with E-state index >= 15 is 0 Å². The normalized spacial score (nSPS) is 11.3. The van der Waals surface area contributed by atoms with Crippen LogP contribution >= 0.6 is 23.2 Å². The predicted octanol–water partition coefficient (Wildman–Crippen LogP) is 1.76. The Bertz CT molecular complexity index is 588. The second-order valence-electron chi connectivity index (χ2n) is 3.46. The second kappa shape index (κ2) is 6.42. The maximum absolute atomic E-state index is 11.9. The highest BCUT2D eigenvalue weighted by atomic mass is 35.5. The van der Waals surface area contributed by atoms with Gasteiger partial charge in [0.1, 0.15) is 10.6 Å². The molecule has 0 aliphatic rings. The molecule has 0 atom stereocenters. The molecule has 0 aromatic heterocycles. The second-order valence-corrected chi connectivity index (χ2v) is 6.01. The maximum Gasteiger partial charge on any atom is 0.304 e. The Balaban J connectivity index is 3.01. The third-order valence-corrected chi connectivity index (χ3v) is 4.35. The van der Waals surface area contributed by atoms with Crippen molar-refractivity contribution in [1.82, 2.24) is 4.72 Å². The van der Waals surface area contributed by atoms with Crippen LogP contribution in [0.5, 0.6) is 5.75 Å². The Labute approximate surface area is 120 Å². The van der Waals surface area contributed by atoms with Crippen LogP contribution in [0.15, 0.2) is 17.0 Å². The van der Waals surface area contributed by atoms with Gasteiger partial charge in [0.2, 0.25) is 10.0 Å². The third-order valence-electron chi connectivity index (χ3n) is 2.13. The molecule has 0 unspecified atom stereocenters. The van der Waals surface area contributed by atoms with E-state index in [4.69, 9.17) is 33.0 Å². The summed E-state index contributed by atoms with van der Waals surface area (Å²) in [6, 6.07) is 2.42. The highest BCUT2D eigenvalue weighted by molar-refractivity contribution is 7.89. The van der Waals surface area contributed by atoms with Crippen molar-refractivity contribution >= 4 is 39.2 Å². The van der Waals surface area contributed by atoms with Crippen molar-refractivity contribution < 1.29 is 23.1 Å². The minimum absolute atomic E-state index is 0.0657. The summed E-state index contributed by atoms with van der Waals surface area (Å²) in [5.74, 6) is -0.863. The summed E-state index contributed by atoms with van der Waals surface area (Å²) in [5.41, 5.74) is 0. The number of methoxy groups -OCH3 is 1. The zero-order valence-electron chi connectivity index (χ0n) is 9.81. The van der Waals surface area contributed by atoms with Crippen LogP contribution in [0.2, 0.25) is 10.0 Å². The molecule has 2 N–H and O–H groups in total. The van der Waals surface area contributed by atoms with Crippen LogP contribution in [0.3, 0.4) is 0 Å². The van der Waals surface area contributed by atoms with Gasteiger partial charge in [-0.2, -0.15) is 0 Å². The standard InChI is InChI=1S/C10H11Cl2NO5S/c1-18-8-4-7(12)9(5-6(8)11)19(16,17)13-3-2-10(14)15/h4-5,13H,2-3H2,1H3,(H,14,15). The molecule has 0 saturated heterocycles. The molecule has 0 heterocycles. The smallest absolute Gasteiger partial charge is 0.304 e. The highest BCUT2D eigenvalue weighted by Crippen LogP contribution is 2.33. The lowest BCUT2D eigenvalue weighted by molar-refractivity contribution is -0.136. The lowest BCUT2D eigenvalue weighted by Gasteiger charge is -2.10. The first-order chi connectivity index (χ1) is 8.77. The zero-order valence-corrected chi connectivity index (χ0v) is 12.1. The average Bonchev–Trinajstić information content (AvgIpc) is 2.30. The minimum atomic E-state index is -3.92. The summed E-state index contributed by atoms with van der Waals surface area (Å²) in [7, 11) is -2.55. The van der Waals surface area contributed by atoms with Crippen molar-refractivity contribution in [2.75, 3.05) is 13.7 Å². The van der Waals surface area contributed by atoms with Crippen LogP contribution in [0, 0.1) is 0 Å². The number of carboxylic acids is 1. The molecule has 1 aromatic rings. The molecule has 1 aromatic carbocycles. The fourth-order valence-electron chi connectivity index (χ4n) is 1.24. The van der Waals surface area contributed by atoms with E-state index in [0.717, 1.165) is 6.07 Å². The molecule has 0 aliphatic heterocycles. The van der Waals surface area contributed by atoms with Crippen LogP contribution in [-0.2, 0) is 14.8 Å². The zero-order chi connectivity index (χ0) is 14.6. The van der Waals surface area contributed by atoms with Gasteiger partial charge in [0, 0.05) is 12.6 Å². The van der Waals surface area contributed by atoms with Crippen molar-refractivity contribution in [3.8, 4) is 5.75 Å². The summed E-state index contributed by atoms with van der Waals surface area (Å²) in [5, 5.41) is 8.47. The van der Waals surface area contributed by atoms with Crippen molar-refractivity contribution in [3.63, 3.8) is 0 Å². The molecule has 0 radical (unpaired) electrons. The Kier molecular flexibility index (Phi) is 5.42. The molecule has 0 amide bonds. The lowest BCUT2D eigenvalue weighted by Crippen LogP contribution is -2.26. The highest BCUT2D eigenvalue weighted by Gasteiger charge is 2.20. The minimum Gasteiger partial charge on any atom is -0.495 e. The van der Waals surface area contributed by atoms with Crippen LogP contribution in [0.4, 0.5) is 0 Å². The average molecular weight is 328 g/mol. The SMILES string of the molecule is COc1cc(Cl)c(S(=O)(=O)NCCC(=O)O)cc1Cl. The van der Waals surface area contributed by atoms with Crippen LogP contribution < -0.4 is 9.46 Å². The molecular weight excluding hydrogens is 317 g/mol. The molecule has 0 aliphatic carbocycles. The number of hydrogen-bond donors (Lipinski definition) is 2. The van der Waals surface area contributed by atoms with Gasteiger partial charge in [0.25, 0.3) is 0 Å². The van der Waals surface area contributed by atoms with Crippen LogP contribution in [0.1, 0.15) is 6.42 Å². The van der Waals surface area contributed by atoms with Gasteiger partial charge in [-0.05, 0) is 6.07 Å². The Hall–Kier alpha value is -1.02. The first-order valence-corrected chi connectivity index (χ1v) is 7.26. The number of carbonyl (C=O) groups is 1. The number of nitrogens with one attached hydrogen (secondary N) is 1. The number of ether oxygens (including phenoxy) is 1. The third kappa shape index (κ3) is 4.24. The number of sulfonamides is 1. The van der Waals surface area contributed by atoms with Gasteiger partial charge < -0.3 is 9.84 Å². The van der Waals surface area contributed by atoms with Gasteiger partial charge in [-0.25, -0.2) is 13.1 Å². The molecule has 9 heteroatoms. The van der Waals surface area contributed by atoms with Gasteiger partial charge in [0.05, 0.1) is 23.6 Å². The van der Waals surface area contributed by atoms with E-state index in [0.29, 0.717) is 0 Å². The van der Waals surface area contributed by atoms with E-state index in [1.54, 1.807) is 0 Å². The summed E-state index contributed by atoms with van der Waals surface area (Å²) < 4.78 is 30.8. The number of benzene rings is 1. The van der Waals surface area contributed by atoms with Gasteiger partial charge >= 0.3 is 5.97 Å². The molecule has 106 valence electrons. The molecular formula is C10H11Cl2NO5S. The van der Waals surface area contributed by atoms with E-state index in [2.05, 4.69) is 4.72 Å². The van der Waals surface area contributed by atoms with Gasteiger partial charge in [-0.3, -0.25) is 4.79 Å². The Morgan fingerprint density at radius 3 is 2.53 bits per heavy atom. The van der Waals surface area contributed by atoms with E-state index in [-0.39, 0.29) is 33.7 Å². The van der Waals surface area contributed by atoms with Crippen LogP contribution in [0.25, 0.3) is 0 Å². The molecule has 0 spiro atoms. The van der Waals surface area contributed by atoms with E-state index < -0.39 is 16.0 Å². The van der Waals surface area contributed by atoms with Crippen molar-refractivity contribution in [3.05, 3.63) is 22.2 Å². The predicted molar refractivity (Wildman–Crippen MR) is 70.5 cm³/mol. The van der Waals surface area contributed by atoms with E-state index in [1.807, 2.05) is 0 Å². The fraction of sp³-hybridized carbons (Fsp3) is 0.300. The first kappa shape index (κ1) is 16.0. The maximum atomic E-state index is 11.9. The molecule has 0 bridgehead atoms. The number of halogens is 2. The summed E-state index contributed by atoms with van der Waals surface area (Å²) in [6.45, 7) is -0.238. The fourth-order valence-corrected chi connectivity index (χ4v) is 3.12. The largest absolute Gasteiger partial charge is 0.495 e. The number of hydrogen-bond acceptors (Lipinski definition) is 4. The molecule has 0 fully saturated rings. The van der Waals surface area contributed by atoms with Gasteiger partial charge in [0.15, 0.2) is 0 Å². The summed E-state index contributed by atoms with van der Waals surface area (Å²) in [4.78, 5) is 10.1. The Morgan fingerprint density at radius 2 is 2.00 bits per heavy atom. The van der Waals surface area contributed by atoms with Gasteiger partial charge in [-0.15, -0.1) is 0 Å².